The van der Waals surface area contributed by atoms with Gasteiger partial charge in [0.25, 0.3) is 0 Å². The number of para-hydroxylation sites is 2. The number of anilines is 3. The lowest BCUT2D eigenvalue weighted by Crippen LogP contribution is -2.11. The summed E-state index contributed by atoms with van der Waals surface area (Å²) in [6.45, 7) is 0. The van der Waals surface area contributed by atoms with E-state index in [1.807, 2.05) is 12.1 Å². The SMILES string of the molecule is c1ccc(-c2ccccc2N(c2ccc3c(c2)oc2ccccc23)c2cc3oc4ccc5ccccc5c4c3c3ccccc23)cc1. The summed E-state index contributed by atoms with van der Waals surface area (Å²) in [6.07, 6.45) is 0. The van der Waals surface area contributed by atoms with Crippen LogP contribution in [0, 0.1) is 0 Å². The highest BCUT2D eigenvalue weighted by molar-refractivity contribution is 6.28. The lowest BCUT2D eigenvalue weighted by Gasteiger charge is -2.29. The van der Waals surface area contributed by atoms with Gasteiger partial charge in [-0.2, -0.15) is 0 Å². The highest BCUT2D eigenvalue weighted by Gasteiger charge is 2.23. The van der Waals surface area contributed by atoms with Crippen LogP contribution in [-0.2, 0) is 0 Å². The molecule has 0 spiro atoms. The Hall–Kier alpha value is -6.32. The highest BCUT2D eigenvalue weighted by atomic mass is 16.3. The van der Waals surface area contributed by atoms with Gasteiger partial charge in [-0.1, -0.05) is 121 Å². The van der Waals surface area contributed by atoms with E-state index in [1.165, 1.54) is 10.8 Å². The van der Waals surface area contributed by atoms with Crippen molar-refractivity contribution in [2.75, 3.05) is 4.90 Å². The predicted molar refractivity (Wildman–Crippen MR) is 196 cm³/mol. The second kappa shape index (κ2) is 10.1. The zero-order valence-electron chi connectivity index (χ0n) is 25.4. The first-order valence-corrected chi connectivity index (χ1v) is 15.9. The molecule has 0 aliphatic rings. The number of hydrogen-bond acceptors (Lipinski definition) is 3. The summed E-state index contributed by atoms with van der Waals surface area (Å²) in [4.78, 5) is 2.36. The van der Waals surface area contributed by atoms with Crippen LogP contribution in [0.5, 0.6) is 0 Å². The van der Waals surface area contributed by atoms with Crippen molar-refractivity contribution < 1.29 is 8.83 Å². The van der Waals surface area contributed by atoms with Crippen molar-refractivity contribution in [3.63, 3.8) is 0 Å². The Morgan fingerprint density at radius 2 is 1.02 bits per heavy atom. The van der Waals surface area contributed by atoms with Gasteiger partial charge in [-0.05, 0) is 52.1 Å². The molecule has 2 aromatic heterocycles. The van der Waals surface area contributed by atoms with Gasteiger partial charge in [0, 0.05) is 50.3 Å². The maximum atomic E-state index is 6.71. The van der Waals surface area contributed by atoms with Crippen LogP contribution in [0.2, 0.25) is 0 Å². The van der Waals surface area contributed by atoms with E-state index in [4.69, 9.17) is 8.83 Å². The molecule has 8 aromatic carbocycles. The third kappa shape index (κ3) is 3.93. The maximum absolute atomic E-state index is 6.71. The number of fused-ring (bicyclic) bond motifs is 10. The van der Waals surface area contributed by atoms with Gasteiger partial charge in [0.05, 0.1) is 11.4 Å². The van der Waals surface area contributed by atoms with E-state index in [-0.39, 0.29) is 0 Å². The second-order valence-electron chi connectivity index (χ2n) is 12.1. The predicted octanol–water partition coefficient (Wildman–Crippen LogP) is 12.9. The summed E-state index contributed by atoms with van der Waals surface area (Å²) in [6, 6.07) is 57.7. The first-order valence-electron chi connectivity index (χ1n) is 15.9. The Kier molecular flexibility index (Phi) is 5.57. The molecule has 47 heavy (non-hydrogen) atoms. The Morgan fingerprint density at radius 1 is 0.362 bits per heavy atom. The molecule has 10 rings (SSSR count). The van der Waals surface area contributed by atoms with E-state index in [0.717, 1.165) is 82.8 Å². The van der Waals surface area contributed by atoms with Crippen molar-refractivity contribution in [3.05, 3.63) is 164 Å². The average Bonchev–Trinajstić information content (AvgIpc) is 3.71. The van der Waals surface area contributed by atoms with Gasteiger partial charge in [-0.3, -0.25) is 0 Å². The van der Waals surface area contributed by atoms with Crippen molar-refractivity contribution in [1.82, 2.24) is 0 Å². The lowest BCUT2D eigenvalue weighted by atomic mass is 9.97. The highest BCUT2D eigenvalue weighted by Crippen LogP contribution is 2.48. The smallest absolute Gasteiger partial charge is 0.138 e. The maximum Gasteiger partial charge on any atom is 0.138 e. The molecule has 0 atom stereocenters. The zero-order valence-corrected chi connectivity index (χ0v) is 25.4. The molecule has 0 aliphatic heterocycles. The van der Waals surface area contributed by atoms with Crippen LogP contribution in [-0.4, -0.2) is 0 Å². The van der Waals surface area contributed by atoms with Gasteiger partial charge in [-0.25, -0.2) is 0 Å². The van der Waals surface area contributed by atoms with Crippen LogP contribution < -0.4 is 4.90 Å². The molecule has 0 fully saturated rings. The monoisotopic (exact) mass is 601 g/mol. The summed E-state index contributed by atoms with van der Waals surface area (Å²) >= 11 is 0. The summed E-state index contributed by atoms with van der Waals surface area (Å²) in [5, 5.41) is 9.21. The van der Waals surface area contributed by atoms with Crippen LogP contribution in [0.25, 0.3) is 76.5 Å². The lowest BCUT2D eigenvalue weighted by molar-refractivity contribution is 0.669. The minimum absolute atomic E-state index is 0.853. The first kappa shape index (κ1) is 26.0. The van der Waals surface area contributed by atoms with Gasteiger partial charge in [0.1, 0.15) is 22.3 Å². The van der Waals surface area contributed by atoms with Gasteiger partial charge < -0.3 is 13.7 Å². The fourth-order valence-corrected chi connectivity index (χ4v) is 7.36. The molecular weight excluding hydrogens is 574 g/mol. The fraction of sp³-hybridized carbons (Fsp3) is 0. The molecule has 0 saturated carbocycles. The fourth-order valence-electron chi connectivity index (χ4n) is 7.36. The summed E-state index contributed by atoms with van der Waals surface area (Å²) in [5.74, 6) is 0. The zero-order chi connectivity index (χ0) is 30.9. The Balaban J connectivity index is 1.32. The molecule has 0 bridgehead atoms. The van der Waals surface area contributed by atoms with E-state index in [1.54, 1.807) is 0 Å². The third-order valence-electron chi connectivity index (χ3n) is 9.44. The van der Waals surface area contributed by atoms with E-state index >= 15 is 0 Å². The molecule has 0 radical (unpaired) electrons. The standard InChI is InChI=1S/C44H27NO2/c1-2-12-28(13-3-1)31-15-8-10-20-37(31)45(30-23-24-35-34-18-9-11-21-39(34)46-41(35)26-30)38-27-42-44(36-19-7-6-17-33(36)38)43-32-16-5-4-14-29(32)22-25-40(43)47-42/h1-27H. The largest absolute Gasteiger partial charge is 0.456 e. The van der Waals surface area contributed by atoms with Crippen LogP contribution in [0.1, 0.15) is 0 Å². The molecule has 0 amide bonds. The number of rotatable bonds is 4. The Labute approximate surface area is 270 Å². The van der Waals surface area contributed by atoms with Crippen LogP contribution >= 0.6 is 0 Å². The van der Waals surface area contributed by atoms with Crippen LogP contribution in [0.4, 0.5) is 17.1 Å². The molecule has 3 nitrogen and oxygen atoms in total. The Morgan fingerprint density at radius 3 is 1.91 bits per heavy atom. The summed E-state index contributed by atoms with van der Waals surface area (Å²) in [5.41, 5.74) is 8.89. The third-order valence-corrected chi connectivity index (χ3v) is 9.44. The van der Waals surface area contributed by atoms with Crippen molar-refractivity contribution >= 4 is 82.5 Å². The Bertz CT molecular complexity index is 2810. The normalized spacial score (nSPS) is 11.8. The number of furan rings is 2. The molecule has 220 valence electrons. The van der Waals surface area contributed by atoms with E-state index in [2.05, 4.69) is 157 Å². The second-order valence-corrected chi connectivity index (χ2v) is 12.1. The molecule has 0 N–H and O–H groups in total. The minimum Gasteiger partial charge on any atom is -0.456 e. The van der Waals surface area contributed by atoms with Crippen LogP contribution in [0.3, 0.4) is 0 Å². The van der Waals surface area contributed by atoms with Crippen molar-refractivity contribution in [1.29, 1.82) is 0 Å². The molecule has 0 unspecified atom stereocenters. The van der Waals surface area contributed by atoms with Gasteiger partial charge in [0.15, 0.2) is 0 Å². The van der Waals surface area contributed by atoms with E-state index < -0.39 is 0 Å². The number of hydrogen-bond donors (Lipinski definition) is 0. The summed E-state index contributed by atoms with van der Waals surface area (Å²) in [7, 11) is 0. The van der Waals surface area contributed by atoms with Crippen molar-refractivity contribution in [2.45, 2.75) is 0 Å². The number of nitrogens with zero attached hydrogens (tertiary/aromatic N) is 1. The molecule has 10 aromatic rings. The molecule has 0 saturated heterocycles. The van der Waals surface area contributed by atoms with Crippen LogP contribution in [0.15, 0.2) is 173 Å². The molecular formula is C44H27NO2. The van der Waals surface area contributed by atoms with Gasteiger partial charge in [0.2, 0.25) is 0 Å². The quantitative estimate of drug-likeness (QED) is 0.201. The number of benzene rings is 8. The summed E-state index contributed by atoms with van der Waals surface area (Å²) < 4.78 is 13.1. The minimum atomic E-state index is 0.853. The molecule has 0 aliphatic carbocycles. The topological polar surface area (TPSA) is 29.5 Å². The van der Waals surface area contributed by atoms with Crippen molar-refractivity contribution in [2.24, 2.45) is 0 Å². The molecule has 3 heteroatoms. The average molecular weight is 602 g/mol. The van der Waals surface area contributed by atoms with E-state index in [0.29, 0.717) is 0 Å². The van der Waals surface area contributed by atoms with Gasteiger partial charge in [-0.15, -0.1) is 0 Å². The first-order chi connectivity index (χ1) is 23.3. The molecule has 2 heterocycles. The van der Waals surface area contributed by atoms with Crippen molar-refractivity contribution in [3.8, 4) is 11.1 Å². The van der Waals surface area contributed by atoms with Gasteiger partial charge >= 0.3 is 0 Å². The van der Waals surface area contributed by atoms with E-state index in [9.17, 15) is 0 Å².